The van der Waals surface area contributed by atoms with Crippen LogP contribution in [0.25, 0.3) is 11.0 Å². The minimum absolute atomic E-state index is 0.318. The van der Waals surface area contributed by atoms with Crippen LogP contribution in [0.3, 0.4) is 0 Å². The molecule has 0 amide bonds. The molecule has 2 aromatic heterocycles. The van der Waals surface area contributed by atoms with Crippen molar-refractivity contribution in [2.24, 2.45) is 19.8 Å². The fraction of sp³-hybridized carbons (Fsp3) is 0.455. The summed E-state index contributed by atoms with van der Waals surface area (Å²) < 4.78 is 18.5. The summed E-state index contributed by atoms with van der Waals surface area (Å²) in [5.74, 6) is 0.504. The Morgan fingerprint density at radius 1 is 1.17 bits per heavy atom. The van der Waals surface area contributed by atoms with Crippen LogP contribution in [0.2, 0.25) is 0 Å². The Bertz CT molecular complexity index is 1250. The number of halogens is 1. The number of hydrogen-bond acceptors (Lipinski definition) is 4. The summed E-state index contributed by atoms with van der Waals surface area (Å²) in [6.45, 7) is 5.72. The van der Waals surface area contributed by atoms with Crippen LogP contribution in [-0.2, 0) is 20.6 Å². The molecule has 4 rings (SSSR count). The second-order valence-electron chi connectivity index (χ2n) is 8.78. The van der Waals surface area contributed by atoms with Crippen LogP contribution >= 0.6 is 0 Å². The topological polar surface area (TPSA) is 78.2 Å². The Morgan fingerprint density at radius 2 is 1.90 bits per heavy atom. The van der Waals surface area contributed by atoms with Crippen molar-refractivity contribution in [1.82, 2.24) is 13.7 Å². The van der Waals surface area contributed by atoms with Gasteiger partial charge >= 0.3 is 5.69 Å². The highest BCUT2D eigenvalue weighted by Crippen LogP contribution is 2.30. The van der Waals surface area contributed by atoms with E-state index in [2.05, 4.69) is 4.90 Å². The van der Waals surface area contributed by atoms with Gasteiger partial charge in [-0.3, -0.25) is 13.9 Å². The van der Waals surface area contributed by atoms with Crippen molar-refractivity contribution in [2.45, 2.75) is 38.8 Å². The number of aromatic nitrogens is 3. The van der Waals surface area contributed by atoms with Gasteiger partial charge < -0.3 is 15.2 Å². The van der Waals surface area contributed by atoms with Crippen molar-refractivity contribution in [3.63, 3.8) is 0 Å². The summed E-state index contributed by atoms with van der Waals surface area (Å²) in [7, 11) is 3.14. The smallest absolute Gasteiger partial charge is 0.331 e. The average Bonchev–Trinajstić information content (AvgIpc) is 3.06. The van der Waals surface area contributed by atoms with Gasteiger partial charge in [0.2, 0.25) is 0 Å². The van der Waals surface area contributed by atoms with Crippen LogP contribution in [0, 0.1) is 12.7 Å². The van der Waals surface area contributed by atoms with E-state index < -0.39 is 0 Å². The first kappa shape index (κ1) is 20.4. The molecular weight excluding hydrogens is 385 g/mol. The molecule has 8 heteroatoms. The number of anilines is 1. The van der Waals surface area contributed by atoms with Crippen molar-refractivity contribution < 1.29 is 4.39 Å². The molecular formula is C22H28FN5O2. The highest BCUT2D eigenvalue weighted by Gasteiger charge is 2.30. The van der Waals surface area contributed by atoms with Gasteiger partial charge in [-0.25, -0.2) is 9.18 Å². The Kier molecular flexibility index (Phi) is 4.85. The molecule has 1 saturated heterocycles. The number of nitrogens with two attached hydrogens (primary N) is 1. The predicted octanol–water partition coefficient (Wildman–Crippen LogP) is 1.85. The molecule has 1 aliphatic rings. The third-order valence-corrected chi connectivity index (χ3v) is 6.19. The van der Waals surface area contributed by atoms with Gasteiger partial charge in [0.05, 0.1) is 12.1 Å². The summed E-state index contributed by atoms with van der Waals surface area (Å²) in [6, 6.07) is 6.55. The van der Waals surface area contributed by atoms with E-state index >= 15 is 0 Å². The highest BCUT2D eigenvalue weighted by atomic mass is 19.1. The standard InChI is InChI=1S/C22H28FN5O2/c1-14-6-7-16(23)10-15(14)12-28-18(27-9-5-8-22(2,24)13-27)11-17-19(28)20(29)26(4)21(30)25(17)3/h6-7,10-11H,5,8-9,12-13,24H2,1-4H3. The summed E-state index contributed by atoms with van der Waals surface area (Å²) in [6.07, 6.45) is 1.86. The molecule has 3 aromatic rings. The van der Waals surface area contributed by atoms with Crippen LogP contribution < -0.4 is 21.9 Å². The number of rotatable bonds is 3. The summed E-state index contributed by atoms with van der Waals surface area (Å²) in [5.41, 5.74) is 8.08. The number of fused-ring (bicyclic) bond motifs is 1. The van der Waals surface area contributed by atoms with E-state index in [-0.39, 0.29) is 22.6 Å². The fourth-order valence-electron chi connectivity index (χ4n) is 4.44. The second-order valence-corrected chi connectivity index (χ2v) is 8.78. The molecule has 2 N–H and O–H groups in total. The van der Waals surface area contributed by atoms with E-state index in [0.29, 0.717) is 24.1 Å². The number of piperidine rings is 1. The van der Waals surface area contributed by atoms with Gasteiger partial charge in [-0.2, -0.15) is 0 Å². The van der Waals surface area contributed by atoms with E-state index in [4.69, 9.17) is 5.73 Å². The van der Waals surface area contributed by atoms with Crippen LogP contribution in [-0.4, -0.2) is 32.3 Å². The van der Waals surface area contributed by atoms with Gasteiger partial charge in [-0.05, 0) is 49.9 Å². The van der Waals surface area contributed by atoms with Crippen molar-refractivity contribution in [1.29, 1.82) is 0 Å². The second kappa shape index (κ2) is 7.12. The molecule has 7 nitrogen and oxygen atoms in total. The molecule has 0 aliphatic carbocycles. The minimum Gasteiger partial charge on any atom is -0.356 e. The first-order chi connectivity index (χ1) is 14.1. The minimum atomic E-state index is -0.375. The molecule has 0 spiro atoms. The molecule has 0 saturated carbocycles. The highest BCUT2D eigenvalue weighted by molar-refractivity contribution is 5.81. The lowest BCUT2D eigenvalue weighted by molar-refractivity contribution is 0.371. The Balaban J connectivity index is 1.98. The quantitative estimate of drug-likeness (QED) is 0.711. The fourth-order valence-corrected chi connectivity index (χ4v) is 4.44. The van der Waals surface area contributed by atoms with E-state index in [0.717, 1.165) is 40.9 Å². The zero-order valence-electron chi connectivity index (χ0n) is 17.9. The zero-order valence-corrected chi connectivity index (χ0v) is 17.9. The Hall–Kier alpha value is -2.87. The number of hydrogen-bond donors (Lipinski definition) is 1. The lowest BCUT2D eigenvalue weighted by Crippen LogP contribution is -2.52. The maximum absolute atomic E-state index is 14.0. The molecule has 1 unspecified atom stereocenters. The van der Waals surface area contributed by atoms with Gasteiger partial charge in [-0.1, -0.05) is 6.07 Å². The SMILES string of the molecule is Cc1ccc(F)cc1Cn1c(N2CCCC(C)(N)C2)cc2c1c(=O)n(C)c(=O)n2C. The number of nitrogens with zero attached hydrogens (tertiary/aromatic N) is 4. The summed E-state index contributed by atoms with van der Waals surface area (Å²) in [5, 5.41) is 0. The van der Waals surface area contributed by atoms with Crippen LogP contribution in [0.4, 0.5) is 10.2 Å². The van der Waals surface area contributed by atoms with Crippen molar-refractivity contribution in [3.05, 3.63) is 62.0 Å². The average molecular weight is 413 g/mol. The maximum Gasteiger partial charge on any atom is 0.331 e. The van der Waals surface area contributed by atoms with Gasteiger partial charge in [0.1, 0.15) is 17.2 Å². The van der Waals surface area contributed by atoms with Gasteiger partial charge in [-0.15, -0.1) is 0 Å². The normalized spacial score (nSPS) is 19.6. The van der Waals surface area contributed by atoms with E-state index in [1.807, 2.05) is 24.5 Å². The molecule has 3 heterocycles. The molecule has 0 bridgehead atoms. The summed E-state index contributed by atoms with van der Waals surface area (Å²) in [4.78, 5) is 27.8. The van der Waals surface area contributed by atoms with Gasteiger partial charge in [0.25, 0.3) is 5.56 Å². The third kappa shape index (κ3) is 3.35. The van der Waals surface area contributed by atoms with E-state index in [1.165, 1.54) is 23.7 Å². The zero-order chi connectivity index (χ0) is 21.8. The van der Waals surface area contributed by atoms with Crippen molar-refractivity contribution in [2.75, 3.05) is 18.0 Å². The third-order valence-electron chi connectivity index (χ3n) is 6.19. The van der Waals surface area contributed by atoms with Crippen LogP contribution in [0.5, 0.6) is 0 Å². The first-order valence-electron chi connectivity index (χ1n) is 10.2. The molecule has 1 aromatic carbocycles. The molecule has 0 radical (unpaired) electrons. The van der Waals surface area contributed by atoms with E-state index in [1.54, 1.807) is 13.1 Å². The molecule has 160 valence electrons. The lowest BCUT2D eigenvalue weighted by atomic mass is 9.92. The number of aryl methyl sites for hydroxylation is 2. The van der Waals surface area contributed by atoms with Gasteiger partial charge in [0, 0.05) is 38.8 Å². The molecule has 1 fully saturated rings. The van der Waals surface area contributed by atoms with Crippen LogP contribution in [0.1, 0.15) is 30.9 Å². The largest absolute Gasteiger partial charge is 0.356 e. The van der Waals surface area contributed by atoms with Crippen molar-refractivity contribution >= 4 is 16.9 Å². The lowest BCUT2D eigenvalue weighted by Gasteiger charge is -2.39. The Morgan fingerprint density at radius 3 is 2.60 bits per heavy atom. The summed E-state index contributed by atoms with van der Waals surface area (Å²) >= 11 is 0. The Labute approximate surface area is 174 Å². The van der Waals surface area contributed by atoms with Crippen molar-refractivity contribution in [3.8, 4) is 0 Å². The van der Waals surface area contributed by atoms with E-state index in [9.17, 15) is 14.0 Å². The molecule has 30 heavy (non-hydrogen) atoms. The first-order valence-corrected chi connectivity index (χ1v) is 10.2. The number of benzene rings is 1. The van der Waals surface area contributed by atoms with Crippen LogP contribution in [0.15, 0.2) is 33.9 Å². The van der Waals surface area contributed by atoms with Gasteiger partial charge in [0.15, 0.2) is 0 Å². The molecule has 1 aliphatic heterocycles. The monoisotopic (exact) mass is 413 g/mol. The molecule has 1 atom stereocenters. The maximum atomic E-state index is 14.0. The predicted molar refractivity (Wildman–Crippen MR) is 117 cm³/mol.